The largest absolute Gasteiger partial charge is 0.270 e. The monoisotopic (exact) mass is 377 g/mol. The van der Waals surface area contributed by atoms with E-state index in [4.69, 9.17) is 0 Å². The molecule has 0 N–H and O–H groups in total. The minimum atomic E-state index is -0.207. The summed E-state index contributed by atoms with van der Waals surface area (Å²) < 4.78 is 1.14. The van der Waals surface area contributed by atoms with Gasteiger partial charge in [0.05, 0.1) is 17.7 Å². The van der Waals surface area contributed by atoms with Gasteiger partial charge in [0.15, 0.2) is 0 Å². The molecule has 1 aliphatic rings. The molecule has 0 spiro atoms. The first-order valence-corrected chi connectivity index (χ1v) is 7.36. The predicted octanol–water partition coefficient (Wildman–Crippen LogP) is 3.40. The Morgan fingerprint density at radius 1 is 1.00 bits per heavy atom. The number of imide groups is 1. The van der Waals surface area contributed by atoms with Crippen LogP contribution < -0.4 is 0 Å². The number of carbonyl (C=O) groups excluding carboxylic acids is 2. The van der Waals surface area contributed by atoms with Crippen LogP contribution in [0.3, 0.4) is 0 Å². The number of fused-ring (bicyclic) bond motifs is 1. The summed E-state index contributed by atoms with van der Waals surface area (Å²) in [7, 11) is 0. The van der Waals surface area contributed by atoms with E-state index >= 15 is 0 Å². The first-order chi connectivity index (χ1) is 9.58. The van der Waals surface area contributed by atoms with Crippen LogP contribution in [0.2, 0.25) is 0 Å². The molecule has 1 heterocycles. The second-order valence-electron chi connectivity index (χ2n) is 4.83. The van der Waals surface area contributed by atoms with Gasteiger partial charge in [-0.1, -0.05) is 24.3 Å². The summed E-state index contributed by atoms with van der Waals surface area (Å²) in [6, 6.07) is 12.9. The van der Waals surface area contributed by atoms with Crippen molar-refractivity contribution in [2.45, 2.75) is 13.5 Å². The molecule has 3 nitrogen and oxygen atoms in total. The van der Waals surface area contributed by atoms with Gasteiger partial charge in [0.25, 0.3) is 11.8 Å². The van der Waals surface area contributed by atoms with E-state index in [1.165, 1.54) is 10.5 Å². The van der Waals surface area contributed by atoms with Crippen LogP contribution in [0.15, 0.2) is 42.5 Å². The highest BCUT2D eigenvalue weighted by molar-refractivity contribution is 14.1. The van der Waals surface area contributed by atoms with Crippen molar-refractivity contribution in [3.8, 4) is 0 Å². The highest BCUT2D eigenvalue weighted by atomic mass is 127. The summed E-state index contributed by atoms with van der Waals surface area (Å²) in [6.45, 7) is 2.36. The molecular weight excluding hydrogens is 365 g/mol. The third-order valence-electron chi connectivity index (χ3n) is 3.46. The standard InChI is InChI=1S/C16H12INO2/c1-10-6-7-11(8-14(10)17)9-18-15(19)12-4-2-3-5-13(12)16(18)20/h2-8H,9H2,1H3. The van der Waals surface area contributed by atoms with E-state index in [1.807, 2.05) is 25.1 Å². The number of rotatable bonds is 2. The lowest BCUT2D eigenvalue weighted by Gasteiger charge is -2.14. The first-order valence-electron chi connectivity index (χ1n) is 6.28. The molecular formula is C16H12INO2. The Morgan fingerprint density at radius 3 is 2.15 bits per heavy atom. The minimum Gasteiger partial charge on any atom is -0.270 e. The molecule has 3 rings (SSSR count). The van der Waals surface area contributed by atoms with E-state index in [2.05, 4.69) is 22.6 Å². The maximum Gasteiger partial charge on any atom is 0.261 e. The summed E-state index contributed by atoms with van der Waals surface area (Å²) in [5, 5.41) is 0. The van der Waals surface area contributed by atoms with E-state index < -0.39 is 0 Å². The molecule has 0 aliphatic carbocycles. The molecule has 20 heavy (non-hydrogen) atoms. The van der Waals surface area contributed by atoms with Crippen molar-refractivity contribution in [1.82, 2.24) is 4.90 Å². The molecule has 0 atom stereocenters. The minimum absolute atomic E-state index is 0.207. The Balaban J connectivity index is 1.91. The Bertz CT molecular complexity index is 689. The Labute approximate surface area is 130 Å². The molecule has 2 amide bonds. The number of hydrogen-bond donors (Lipinski definition) is 0. The second-order valence-corrected chi connectivity index (χ2v) is 5.99. The van der Waals surface area contributed by atoms with Gasteiger partial charge in [-0.25, -0.2) is 0 Å². The lowest BCUT2D eigenvalue weighted by molar-refractivity contribution is 0.0642. The van der Waals surface area contributed by atoms with Crippen LogP contribution in [0, 0.1) is 10.5 Å². The van der Waals surface area contributed by atoms with Crippen LogP contribution >= 0.6 is 22.6 Å². The number of carbonyl (C=O) groups is 2. The smallest absolute Gasteiger partial charge is 0.261 e. The number of benzene rings is 2. The van der Waals surface area contributed by atoms with Crippen LogP contribution in [-0.2, 0) is 6.54 Å². The Kier molecular flexibility index (Phi) is 3.33. The fourth-order valence-corrected chi connectivity index (χ4v) is 2.88. The summed E-state index contributed by atoms with van der Waals surface area (Å²) >= 11 is 2.26. The third kappa shape index (κ3) is 2.14. The topological polar surface area (TPSA) is 37.4 Å². The molecule has 0 unspecified atom stereocenters. The first kappa shape index (κ1) is 13.3. The van der Waals surface area contributed by atoms with Crippen LogP contribution in [0.4, 0.5) is 0 Å². The second kappa shape index (κ2) is 5.01. The maximum atomic E-state index is 12.3. The summed E-state index contributed by atoms with van der Waals surface area (Å²) in [4.78, 5) is 25.8. The highest BCUT2D eigenvalue weighted by Gasteiger charge is 2.34. The Hall–Kier alpha value is -1.69. The molecule has 0 bridgehead atoms. The number of hydrogen-bond acceptors (Lipinski definition) is 2. The van der Waals surface area contributed by atoms with E-state index in [0.717, 1.165) is 9.13 Å². The van der Waals surface area contributed by atoms with Crippen LogP contribution in [0.25, 0.3) is 0 Å². The average molecular weight is 377 g/mol. The molecule has 2 aromatic carbocycles. The molecule has 2 aromatic rings. The van der Waals surface area contributed by atoms with Gasteiger partial charge in [0.1, 0.15) is 0 Å². The van der Waals surface area contributed by atoms with Gasteiger partial charge < -0.3 is 0 Å². The molecule has 0 saturated carbocycles. The predicted molar refractivity (Wildman–Crippen MR) is 84.5 cm³/mol. The number of amides is 2. The van der Waals surface area contributed by atoms with Gasteiger partial charge in [-0.05, 0) is 58.8 Å². The average Bonchev–Trinajstić information content (AvgIpc) is 2.69. The van der Waals surface area contributed by atoms with Gasteiger partial charge in [-0.3, -0.25) is 14.5 Å². The van der Waals surface area contributed by atoms with Gasteiger partial charge in [0, 0.05) is 3.57 Å². The molecule has 0 radical (unpaired) electrons. The zero-order valence-electron chi connectivity index (χ0n) is 10.9. The lowest BCUT2D eigenvalue weighted by atomic mass is 10.1. The number of aryl methyl sites for hydroxylation is 1. The van der Waals surface area contributed by atoms with Crippen LogP contribution in [0.5, 0.6) is 0 Å². The van der Waals surface area contributed by atoms with Gasteiger partial charge in [-0.2, -0.15) is 0 Å². The van der Waals surface area contributed by atoms with E-state index in [9.17, 15) is 9.59 Å². The van der Waals surface area contributed by atoms with Gasteiger partial charge in [0.2, 0.25) is 0 Å². The molecule has 1 aliphatic heterocycles. The van der Waals surface area contributed by atoms with E-state index in [0.29, 0.717) is 17.7 Å². The van der Waals surface area contributed by atoms with E-state index in [-0.39, 0.29) is 11.8 Å². The van der Waals surface area contributed by atoms with Crippen molar-refractivity contribution in [2.24, 2.45) is 0 Å². The normalized spacial score (nSPS) is 13.8. The van der Waals surface area contributed by atoms with Gasteiger partial charge in [-0.15, -0.1) is 0 Å². The summed E-state index contributed by atoms with van der Waals surface area (Å²) in [5.41, 5.74) is 3.16. The molecule has 100 valence electrons. The molecule has 0 saturated heterocycles. The molecule has 0 aromatic heterocycles. The summed E-state index contributed by atoms with van der Waals surface area (Å²) in [6.07, 6.45) is 0. The lowest BCUT2D eigenvalue weighted by Crippen LogP contribution is -2.29. The van der Waals surface area contributed by atoms with Crippen molar-refractivity contribution >= 4 is 34.4 Å². The zero-order chi connectivity index (χ0) is 14.3. The van der Waals surface area contributed by atoms with Gasteiger partial charge >= 0.3 is 0 Å². The SMILES string of the molecule is Cc1ccc(CN2C(=O)c3ccccc3C2=O)cc1I. The van der Waals surface area contributed by atoms with Crippen molar-refractivity contribution in [3.05, 3.63) is 68.3 Å². The zero-order valence-corrected chi connectivity index (χ0v) is 13.0. The molecule has 0 fully saturated rings. The van der Waals surface area contributed by atoms with Crippen LogP contribution in [0.1, 0.15) is 31.8 Å². The number of halogens is 1. The summed E-state index contributed by atoms with van der Waals surface area (Å²) in [5.74, 6) is -0.414. The van der Waals surface area contributed by atoms with Crippen molar-refractivity contribution in [1.29, 1.82) is 0 Å². The highest BCUT2D eigenvalue weighted by Crippen LogP contribution is 2.25. The third-order valence-corrected chi connectivity index (χ3v) is 4.62. The maximum absolute atomic E-state index is 12.3. The molecule has 4 heteroatoms. The fraction of sp³-hybridized carbons (Fsp3) is 0.125. The van der Waals surface area contributed by atoms with Crippen molar-refractivity contribution in [2.75, 3.05) is 0 Å². The van der Waals surface area contributed by atoms with Crippen molar-refractivity contribution in [3.63, 3.8) is 0 Å². The van der Waals surface area contributed by atoms with Crippen LogP contribution in [-0.4, -0.2) is 16.7 Å². The van der Waals surface area contributed by atoms with E-state index in [1.54, 1.807) is 24.3 Å². The van der Waals surface area contributed by atoms with Crippen molar-refractivity contribution < 1.29 is 9.59 Å². The quantitative estimate of drug-likeness (QED) is 0.595. The number of nitrogens with zero attached hydrogens (tertiary/aromatic N) is 1. The Morgan fingerprint density at radius 2 is 1.60 bits per heavy atom. The fourth-order valence-electron chi connectivity index (χ4n) is 2.30.